The van der Waals surface area contributed by atoms with Gasteiger partial charge < -0.3 is 20.3 Å². The van der Waals surface area contributed by atoms with Crippen LogP contribution in [0.1, 0.15) is 33.6 Å². The van der Waals surface area contributed by atoms with Crippen LogP contribution in [0.3, 0.4) is 0 Å². The number of aliphatic carboxylic acids is 1. The zero-order valence-electron chi connectivity index (χ0n) is 20.9. The third-order valence-corrected chi connectivity index (χ3v) is 9.64. The van der Waals surface area contributed by atoms with Crippen LogP contribution in [-0.2, 0) is 21.2 Å². The highest BCUT2D eigenvalue weighted by molar-refractivity contribution is 7.89. The zero-order valence-corrected chi connectivity index (χ0v) is 22.6. The summed E-state index contributed by atoms with van der Waals surface area (Å²) in [5.41, 5.74) is 3.20. The fourth-order valence-corrected chi connectivity index (χ4v) is 7.11. The van der Waals surface area contributed by atoms with Crippen LogP contribution in [-0.4, -0.2) is 66.4 Å². The molecule has 0 radical (unpaired) electrons. The Morgan fingerprint density at radius 2 is 1.79 bits per heavy atom. The van der Waals surface area contributed by atoms with E-state index >= 15 is 0 Å². The van der Waals surface area contributed by atoms with Gasteiger partial charge in [-0.3, -0.25) is 0 Å². The summed E-state index contributed by atoms with van der Waals surface area (Å²) in [4.78, 5) is 23.3. The number of carboxylic acids is 2. The summed E-state index contributed by atoms with van der Waals surface area (Å²) in [5.74, 6) is -2.20. The van der Waals surface area contributed by atoms with Gasteiger partial charge in [-0.25, -0.2) is 22.3 Å². The number of aromatic carboxylic acids is 1. The minimum Gasteiger partial charge on any atom is -0.480 e. The Hall–Kier alpha value is -3.41. The van der Waals surface area contributed by atoms with E-state index in [0.29, 0.717) is 42.8 Å². The number of hydrogen-bond donors (Lipinski definition) is 3. The zero-order chi connectivity index (χ0) is 27.3. The van der Waals surface area contributed by atoms with Gasteiger partial charge in [0.15, 0.2) is 11.5 Å². The molecule has 0 amide bonds. The number of aryl methyl sites for hydroxylation is 1. The maximum atomic E-state index is 12.8. The van der Waals surface area contributed by atoms with Crippen LogP contribution < -0.4 is 10.1 Å². The minimum atomic E-state index is -3.33. The lowest BCUT2D eigenvalue weighted by Crippen LogP contribution is -2.43. The third kappa shape index (κ3) is 6.72. The predicted octanol–water partition coefficient (Wildman–Crippen LogP) is 4.33. The van der Waals surface area contributed by atoms with Crippen molar-refractivity contribution in [3.63, 3.8) is 0 Å². The number of piperidine rings is 1. The van der Waals surface area contributed by atoms with Crippen LogP contribution in [0.15, 0.2) is 54.6 Å². The molecule has 1 aliphatic heterocycles. The first-order valence-electron chi connectivity index (χ1n) is 12.2. The molecule has 1 aliphatic rings. The molecule has 3 N–H and O–H groups in total. The van der Waals surface area contributed by atoms with Gasteiger partial charge in [-0.15, -0.1) is 11.3 Å². The average molecular weight is 559 g/mol. The van der Waals surface area contributed by atoms with Crippen LogP contribution in [0.25, 0.3) is 10.4 Å². The summed E-state index contributed by atoms with van der Waals surface area (Å²) in [7, 11) is -3.33. The Labute approximate surface area is 225 Å². The molecule has 0 atom stereocenters. The van der Waals surface area contributed by atoms with E-state index in [-0.39, 0.29) is 22.4 Å². The molecule has 0 unspecified atom stereocenters. The monoisotopic (exact) mass is 558 g/mol. The van der Waals surface area contributed by atoms with Crippen molar-refractivity contribution in [2.24, 2.45) is 0 Å². The van der Waals surface area contributed by atoms with Crippen molar-refractivity contribution >= 4 is 39.0 Å². The van der Waals surface area contributed by atoms with E-state index < -0.39 is 28.6 Å². The average Bonchev–Trinajstić information content (AvgIpc) is 3.24. The molecule has 1 fully saturated rings. The highest BCUT2D eigenvalue weighted by Crippen LogP contribution is 2.42. The molecule has 4 rings (SSSR count). The van der Waals surface area contributed by atoms with Crippen molar-refractivity contribution < 1.29 is 33.0 Å². The fourth-order valence-electron chi connectivity index (χ4n) is 4.51. The topological polar surface area (TPSA) is 133 Å². The molecule has 2 heterocycles. The molecule has 3 aromatic rings. The highest BCUT2D eigenvalue weighted by Gasteiger charge is 2.28. The van der Waals surface area contributed by atoms with Gasteiger partial charge in [0, 0.05) is 35.3 Å². The normalized spacial score (nSPS) is 14.8. The Kier molecular flexibility index (Phi) is 8.70. The van der Waals surface area contributed by atoms with Gasteiger partial charge in [0.1, 0.15) is 5.75 Å². The lowest BCUT2D eigenvalue weighted by atomic mass is 10.0. The number of hydrogen-bond acceptors (Lipinski definition) is 7. The molecule has 11 heteroatoms. The number of carboxylic acid groups (broad SMARTS) is 2. The van der Waals surface area contributed by atoms with E-state index in [2.05, 4.69) is 5.32 Å². The van der Waals surface area contributed by atoms with Gasteiger partial charge in [-0.05, 0) is 49.4 Å². The van der Waals surface area contributed by atoms with E-state index in [1.807, 2.05) is 54.6 Å². The maximum Gasteiger partial charge on any atom is 0.349 e. The maximum absolute atomic E-state index is 12.8. The SMILES string of the molecule is Cc1c(-c2cccc(NC3CCN(S(=O)(=O)CCc4ccccc4)CC3)c2)sc(C(=O)O)c1OCC(=O)O. The van der Waals surface area contributed by atoms with Gasteiger partial charge in [0.05, 0.1) is 5.75 Å². The summed E-state index contributed by atoms with van der Waals surface area (Å²) in [6.45, 7) is 1.98. The standard InChI is InChI=1S/C27H30N2O7S2/c1-18-24(36-17-23(30)31)26(27(32)33)37-25(18)20-8-5-9-22(16-20)28-21-10-13-29(14-11-21)38(34,35)15-12-19-6-3-2-4-7-19/h2-9,16,21,28H,10-15,17H2,1H3,(H,30,31)(H,32,33). The lowest BCUT2D eigenvalue weighted by molar-refractivity contribution is -0.139. The second kappa shape index (κ2) is 12.0. The number of nitrogens with zero attached hydrogens (tertiary/aromatic N) is 1. The third-order valence-electron chi connectivity index (χ3n) is 6.46. The first-order chi connectivity index (χ1) is 18.1. The van der Waals surface area contributed by atoms with Crippen molar-refractivity contribution in [2.45, 2.75) is 32.2 Å². The fraction of sp³-hybridized carbons (Fsp3) is 0.333. The van der Waals surface area contributed by atoms with E-state index in [1.165, 1.54) is 0 Å². The largest absolute Gasteiger partial charge is 0.480 e. The number of carbonyl (C=O) groups is 2. The molecule has 0 bridgehead atoms. The van der Waals surface area contributed by atoms with Crippen LogP contribution >= 0.6 is 11.3 Å². The van der Waals surface area contributed by atoms with Crippen LogP contribution in [0, 0.1) is 6.92 Å². The minimum absolute atomic E-state index is 0.0436. The molecule has 1 aromatic heterocycles. The Morgan fingerprint density at radius 3 is 2.45 bits per heavy atom. The smallest absolute Gasteiger partial charge is 0.349 e. The summed E-state index contributed by atoms with van der Waals surface area (Å²) >= 11 is 1.04. The van der Waals surface area contributed by atoms with Gasteiger partial charge >= 0.3 is 11.9 Å². The summed E-state index contributed by atoms with van der Waals surface area (Å²) in [6, 6.07) is 17.2. The number of sulfonamides is 1. The van der Waals surface area contributed by atoms with Gasteiger partial charge in [0.25, 0.3) is 0 Å². The van der Waals surface area contributed by atoms with E-state index in [4.69, 9.17) is 9.84 Å². The molecular weight excluding hydrogens is 528 g/mol. The molecule has 38 heavy (non-hydrogen) atoms. The van der Waals surface area contributed by atoms with E-state index in [0.717, 1.165) is 28.2 Å². The van der Waals surface area contributed by atoms with E-state index in [9.17, 15) is 23.1 Å². The number of benzene rings is 2. The van der Waals surface area contributed by atoms with Crippen LogP contribution in [0.2, 0.25) is 0 Å². The second-order valence-electron chi connectivity index (χ2n) is 9.15. The Bertz CT molecular complexity index is 1400. The summed E-state index contributed by atoms with van der Waals surface area (Å²) < 4.78 is 32.5. The lowest BCUT2D eigenvalue weighted by Gasteiger charge is -2.32. The van der Waals surface area contributed by atoms with Crippen molar-refractivity contribution in [1.29, 1.82) is 0 Å². The van der Waals surface area contributed by atoms with Gasteiger partial charge in [-0.1, -0.05) is 42.5 Å². The Morgan fingerprint density at radius 1 is 1.08 bits per heavy atom. The van der Waals surface area contributed by atoms with Crippen LogP contribution in [0.4, 0.5) is 5.69 Å². The molecule has 202 valence electrons. The number of rotatable bonds is 11. The first-order valence-corrected chi connectivity index (χ1v) is 14.7. The van der Waals surface area contributed by atoms with Gasteiger partial charge in [0.2, 0.25) is 10.0 Å². The molecule has 2 aromatic carbocycles. The molecule has 0 aliphatic carbocycles. The molecule has 0 spiro atoms. The highest BCUT2D eigenvalue weighted by atomic mass is 32.2. The van der Waals surface area contributed by atoms with Crippen molar-refractivity contribution in [2.75, 3.05) is 30.8 Å². The number of nitrogens with one attached hydrogen (secondary N) is 1. The Balaban J connectivity index is 1.40. The summed E-state index contributed by atoms with van der Waals surface area (Å²) in [5, 5.41) is 22.0. The van der Waals surface area contributed by atoms with E-state index in [1.54, 1.807) is 11.2 Å². The van der Waals surface area contributed by atoms with Crippen LogP contribution in [0.5, 0.6) is 5.75 Å². The van der Waals surface area contributed by atoms with Gasteiger partial charge in [-0.2, -0.15) is 0 Å². The van der Waals surface area contributed by atoms with Crippen molar-refractivity contribution in [3.8, 4) is 16.2 Å². The first kappa shape index (κ1) is 27.6. The quantitative estimate of drug-likeness (QED) is 0.317. The predicted molar refractivity (Wildman–Crippen MR) is 147 cm³/mol. The summed E-state index contributed by atoms with van der Waals surface area (Å²) in [6.07, 6.45) is 1.83. The van der Waals surface area contributed by atoms with Crippen molar-refractivity contribution in [3.05, 3.63) is 70.6 Å². The molecule has 9 nitrogen and oxygen atoms in total. The van der Waals surface area contributed by atoms with Crippen molar-refractivity contribution in [1.82, 2.24) is 4.31 Å². The molecule has 0 saturated carbocycles. The number of ether oxygens (including phenoxy) is 1. The second-order valence-corrected chi connectivity index (χ2v) is 12.3. The molecule has 1 saturated heterocycles. The molecular formula is C27H30N2O7S2. The number of thiophene rings is 1. The number of anilines is 1.